The second-order valence-corrected chi connectivity index (χ2v) is 3.11. The molecule has 8 heteroatoms. The Morgan fingerprint density at radius 2 is 2.18 bits per heavy atom. The van der Waals surface area contributed by atoms with Crippen LogP contribution < -0.4 is 10.1 Å². The number of alkyl halides is 3. The van der Waals surface area contributed by atoms with E-state index in [0.29, 0.717) is 0 Å². The van der Waals surface area contributed by atoms with E-state index in [4.69, 9.17) is 4.74 Å². The molecule has 0 aliphatic carbocycles. The van der Waals surface area contributed by atoms with Crippen molar-refractivity contribution in [1.29, 1.82) is 0 Å². The molecular weight excluding hydrogens is 239 g/mol. The van der Waals surface area contributed by atoms with Gasteiger partial charge in [-0.05, 0) is 0 Å². The SMILES string of the molecule is COc1cc(NC(=O)CCC(F)(F)F)ncn1. The summed E-state index contributed by atoms with van der Waals surface area (Å²) >= 11 is 0. The first kappa shape index (κ1) is 13.2. The number of anilines is 1. The summed E-state index contributed by atoms with van der Waals surface area (Å²) in [7, 11) is 1.37. The molecule has 0 atom stereocenters. The Hall–Kier alpha value is -1.86. The largest absolute Gasteiger partial charge is 0.481 e. The minimum absolute atomic E-state index is 0.101. The first-order valence-corrected chi connectivity index (χ1v) is 4.63. The normalized spacial score (nSPS) is 11.1. The smallest absolute Gasteiger partial charge is 0.389 e. The number of rotatable bonds is 4. The highest BCUT2D eigenvalue weighted by Gasteiger charge is 2.27. The molecule has 0 fully saturated rings. The lowest BCUT2D eigenvalue weighted by Gasteiger charge is -2.07. The fourth-order valence-electron chi connectivity index (χ4n) is 0.980. The van der Waals surface area contributed by atoms with Gasteiger partial charge in [0.15, 0.2) is 0 Å². The van der Waals surface area contributed by atoms with E-state index in [1.165, 1.54) is 13.2 Å². The Balaban J connectivity index is 2.50. The Morgan fingerprint density at radius 3 is 2.76 bits per heavy atom. The quantitative estimate of drug-likeness (QED) is 0.883. The van der Waals surface area contributed by atoms with Gasteiger partial charge in [0, 0.05) is 12.5 Å². The summed E-state index contributed by atoms with van der Waals surface area (Å²) in [6.07, 6.45) is -5.02. The van der Waals surface area contributed by atoms with Crippen molar-refractivity contribution >= 4 is 11.7 Å². The molecule has 0 aromatic carbocycles. The predicted molar refractivity (Wildman–Crippen MR) is 52.5 cm³/mol. The van der Waals surface area contributed by atoms with Gasteiger partial charge in [-0.25, -0.2) is 9.97 Å². The summed E-state index contributed by atoms with van der Waals surface area (Å²) in [5, 5.41) is 2.22. The molecule has 1 N–H and O–H groups in total. The molecule has 0 spiro atoms. The van der Waals surface area contributed by atoms with Crippen LogP contribution >= 0.6 is 0 Å². The van der Waals surface area contributed by atoms with Gasteiger partial charge in [-0.1, -0.05) is 0 Å². The average Bonchev–Trinajstić information content (AvgIpc) is 2.26. The molecule has 1 aromatic rings. The van der Waals surface area contributed by atoms with Crippen molar-refractivity contribution in [3.63, 3.8) is 0 Å². The van der Waals surface area contributed by atoms with Crippen molar-refractivity contribution in [1.82, 2.24) is 9.97 Å². The monoisotopic (exact) mass is 249 g/mol. The minimum atomic E-state index is -4.35. The number of halogens is 3. The standard InChI is InChI=1S/C9H10F3N3O2/c1-17-8-4-6(13-5-14-8)15-7(16)2-3-9(10,11)12/h4-5H,2-3H2,1H3,(H,13,14,15,16). The van der Waals surface area contributed by atoms with Gasteiger partial charge >= 0.3 is 6.18 Å². The van der Waals surface area contributed by atoms with Crippen molar-refractivity contribution in [2.45, 2.75) is 19.0 Å². The van der Waals surface area contributed by atoms with E-state index in [2.05, 4.69) is 15.3 Å². The van der Waals surface area contributed by atoms with Crippen LogP contribution in [0.25, 0.3) is 0 Å². The van der Waals surface area contributed by atoms with Crippen LogP contribution in [0.3, 0.4) is 0 Å². The number of ether oxygens (including phenoxy) is 1. The van der Waals surface area contributed by atoms with Gasteiger partial charge < -0.3 is 10.1 Å². The number of hydrogen-bond donors (Lipinski definition) is 1. The maximum Gasteiger partial charge on any atom is 0.389 e. The molecule has 17 heavy (non-hydrogen) atoms. The number of nitrogens with one attached hydrogen (secondary N) is 1. The molecule has 0 unspecified atom stereocenters. The highest BCUT2D eigenvalue weighted by Crippen LogP contribution is 2.21. The van der Waals surface area contributed by atoms with Crippen LogP contribution in [-0.4, -0.2) is 29.2 Å². The van der Waals surface area contributed by atoms with Gasteiger partial charge in [-0.2, -0.15) is 13.2 Å². The van der Waals surface area contributed by atoms with E-state index < -0.39 is 24.9 Å². The summed E-state index contributed by atoms with van der Waals surface area (Å²) in [5.74, 6) is -0.446. The number of aromatic nitrogens is 2. The number of amides is 1. The summed E-state index contributed by atoms with van der Waals surface area (Å²) in [6, 6.07) is 1.31. The fraction of sp³-hybridized carbons (Fsp3) is 0.444. The van der Waals surface area contributed by atoms with E-state index in [-0.39, 0.29) is 11.7 Å². The first-order valence-electron chi connectivity index (χ1n) is 4.63. The Morgan fingerprint density at radius 1 is 1.47 bits per heavy atom. The van der Waals surface area contributed by atoms with Crippen LogP contribution in [0.1, 0.15) is 12.8 Å². The van der Waals surface area contributed by atoms with E-state index in [1.54, 1.807) is 0 Å². The minimum Gasteiger partial charge on any atom is -0.481 e. The van der Waals surface area contributed by atoms with Gasteiger partial charge in [-0.15, -0.1) is 0 Å². The van der Waals surface area contributed by atoms with Crippen molar-refractivity contribution in [3.05, 3.63) is 12.4 Å². The van der Waals surface area contributed by atoms with Gasteiger partial charge in [-0.3, -0.25) is 4.79 Å². The number of carbonyl (C=O) groups is 1. The van der Waals surface area contributed by atoms with Crippen molar-refractivity contribution in [2.24, 2.45) is 0 Å². The molecule has 1 rings (SSSR count). The lowest BCUT2D eigenvalue weighted by Crippen LogP contribution is -2.17. The molecule has 0 saturated heterocycles. The van der Waals surface area contributed by atoms with E-state index >= 15 is 0 Å². The molecule has 1 aromatic heterocycles. The first-order chi connectivity index (χ1) is 7.90. The molecule has 0 bridgehead atoms. The van der Waals surface area contributed by atoms with Crippen LogP contribution in [0.15, 0.2) is 12.4 Å². The highest BCUT2D eigenvalue weighted by molar-refractivity contribution is 5.89. The van der Waals surface area contributed by atoms with Crippen molar-refractivity contribution in [3.8, 4) is 5.88 Å². The third kappa shape index (κ3) is 5.14. The topological polar surface area (TPSA) is 64.1 Å². The second kappa shape index (κ2) is 5.46. The van der Waals surface area contributed by atoms with E-state index in [1.807, 2.05) is 0 Å². The maximum atomic E-state index is 11.8. The lowest BCUT2D eigenvalue weighted by molar-refractivity contribution is -0.142. The van der Waals surface area contributed by atoms with Crippen LogP contribution in [0.4, 0.5) is 19.0 Å². The van der Waals surface area contributed by atoms with Crippen LogP contribution in [0.2, 0.25) is 0 Å². The average molecular weight is 249 g/mol. The van der Waals surface area contributed by atoms with Gasteiger partial charge in [0.2, 0.25) is 11.8 Å². The Kier molecular flexibility index (Phi) is 4.24. The molecule has 1 amide bonds. The molecule has 0 aliphatic rings. The highest BCUT2D eigenvalue weighted by atomic mass is 19.4. The van der Waals surface area contributed by atoms with Gasteiger partial charge in [0.1, 0.15) is 12.1 Å². The van der Waals surface area contributed by atoms with Crippen molar-refractivity contribution < 1.29 is 22.7 Å². The summed E-state index contributed by atoms with van der Waals surface area (Å²) in [5.41, 5.74) is 0. The lowest BCUT2D eigenvalue weighted by atomic mass is 10.3. The molecule has 1 heterocycles. The van der Waals surface area contributed by atoms with Gasteiger partial charge in [0.25, 0.3) is 0 Å². The predicted octanol–water partition coefficient (Wildman–Crippen LogP) is 1.77. The Labute approximate surface area is 95.0 Å². The summed E-state index contributed by atoms with van der Waals surface area (Å²) in [4.78, 5) is 18.5. The third-order valence-electron chi connectivity index (χ3n) is 1.75. The molecular formula is C9H10F3N3O2. The second-order valence-electron chi connectivity index (χ2n) is 3.11. The molecule has 0 radical (unpaired) electrons. The Bertz CT molecular complexity index is 395. The molecule has 94 valence electrons. The number of carbonyl (C=O) groups excluding carboxylic acids is 1. The van der Waals surface area contributed by atoms with Crippen LogP contribution in [-0.2, 0) is 4.79 Å². The zero-order chi connectivity index (χ0) is 12.9. The summed E-state index contributed by atoms with van der Waals surface area (Å²) in [6.45, 7) is 0. The molecule has 0 aliphatic heterocycles. The van der Waals surface area contributed by atoms with E-state index in [0.717, 1.165) is 6.33 Å². The van der Waals surface area contributed by atoms with Crippen molar-refractivity contribution in [2.75, 3.05) is 12.4 Å². The van der Waals surface area contributed by atoms with E-state index in [9.17, 15) is 18.0 Å². The van der Waals surface area contributed by atoms with Crippen LogP contribution in [0.5, 0.6) is 5.88 Å². The number of methoxy groups -OCH3 is 1. The zero-order valence-corrected chi connectivity index (χ0v) is 8.91. The number of nitrogens with zero attached hydrogens (tertiary/aromatic N) is 2. The van der Waals surface area contributed by atoms with Gasteiger partial charge in [0.05, 0.1) is 13.5 Å². The van der Waals surface area contributed by atoms with Crippen LogP contribution in [0, 0.1) is 0 Å². The number of hydrogen-bond acceptors (Lipinski definition) is 4. The maximum absolute atomic E-state index is 11.8. The fourth-order valence-corrected chi connectivity index (χ4v) is 0.980. The summed E-state index contributed by atoms with van der Waals surface area (Å²) < 4.78 is 40.3. The molecule has 0 saturated carbocycles. The zero-order valence-electron chi connectivity index (χ0n) is 8.91. The molecule has 5 nitrogen and oxygen atoms in total. The third-order valence-corrected chi connectivity index (χ3v) is 1.75.